The van der Waals surface area contributed by atoms with Crippen LogP contribution in [0.2, 0.25) is 0 Å². The van der Waals surface area contributed by atoms with Gasteiger partial charge in [-0.2, -0.15) is 0 Å². The topological polar surface area (TPSA) is 29.9 Å². The van der Waals surface area contributed by atoms with Crippen LogP contribution in [0, 0.1) is 0 Å². The first-order chi connectivity index (χ1) is 8.81. The average Bonchev–Trinajstić information content (AvgIpc) is 2.76. The molecule has 18 heavy (non-hydrogen) atoms. The summed E-state index contributed by atoms with van der Waals surface area (Å²) in [6.45, 7) is 3.12. The van der Waals surface area contributed by atoms with Crippen LogP contribution >= 0.6 is 0 Å². The average molecular weight is 241 g/mol. The standard InChI is InChI=1S/C15H19N3/c1-3-16-14(15-17-8-9-18(15)2)13-10-11-6-4-5-7-12(11)13/h4-9,13-14,16H,3,10H2,1-2H3. The number of benzene rings is 1. The first-order valence-electron chi connectivity index (χ1n) is 6.59. The smallest absolute Gasteiger partial charge is 0.126 e. The number of nitrogens with zero attached hydrogens (tertiary/aromatic N) is 2. The van der Waals surface area contributed by atoms with Gasteiger partial charge in [0.25, 0.3) is 0 Å². The maximum absolute atomic E-state index is 4.51. The van der Waals surface area contributed by atoms with Gasteiger partial charge in [0.2, 0.25) is 0 Å². The largest absolute Gasteiger partial charge is 0.337 e. The van der Waals surface area contributed by atoms with Crippen molar-refractivity contribution in [2.45, 2.75) is 25.3 Å². The highest BCUT2D eigenvalue weighted by molar-refractivity contribution is 5.42. The van der Waals surface area contributed by atoms with E-state index in [9.17, 15) is 0 Å². The molecule has 0 amide bonds. The molecule has 2 aromatic rings. The summed E-state index contributed by atoms with van der Waals surface area (Å²) < 4.78 is 2.12. The summed E-state index contributed by atoms with van der Waals surface area (Å²) in [5.41, 5.74) is 2.96. The van der Waals surface area contributed by atoms with Gasteiger partial charge < -0.3 is 9.88 Å². The number of imidazole rings is 1. The highest BCUT2D eigenvalue weighted by Gasteiger charge is 2.34. The fraction of sp³-hybridized carbons (Fsp3) is 0.400. The van der Waals surface area contributed by atoms with Crippen LogP contribution in [0.5, 0.6) is 0 Å². The Balaban J connectivity index is 1.91. The summed E-state index contributed by atoms with van der Waals surface area (Å²) in [5, 5.41) is 3.59. The maximum Gasteiger partial charge on any atom is 0.126 e. The van der Waals surface area contributed by atoms with Crippen molar-refractivity contribution >= 4 is 0 Å². The van der Waals surface area contributed by atoms with E-state index < -0.39 is 0 Å². The minimum atomic E-state index is 0.324. The van der Waals surface area contributed by atoms with Crippen LogP contribution in [0.25, 0.3) is 0 Å². The third-order valence-electron chi connectivity index (χ3n) is 3.86. The summed E-state index contributed by atoms with van der Waals surface area (Å²) in [4.78, 5) is 4.51. The molecule has 0 saturated heterocycles. The molecular formula is C15H19N3. The van der Waals surface area contributed by atoms with Gasteiger partial charge in [0.15, 0.2) is 0 Å². The van der Waals surface area contributed by atoms with E-state index in [0.29, 0.717) is 12.0 Å². The fourth-order valence-corrected chi connectivity index (χ4v) is 2.91. The summed E-state index contributed by atoms with van der Waals surface area (Å²) >= 11 is 0. The summed E-state index contributed by atoms with van der Waals surface area (Å²) in [5.74, 6) is 1.69. The summed E-state index contributed by atoms with van der Waals surface area (Å²) in [6.07, 6.45) is 5.05. The van der Waals surface area contributed by atoms with Crippen molar-refractivity contribution in [1.29, 1.82) is 0 Å². The van der Waals surface area contributed by atoms with Crippen molar-refractivity contribution in [1.82, 2.24) is 14.9 Å². The van der Waals surface area contributed by atoms with E-state index in [1.807, 2.05) is 12.4 Å². The molecule has 94 valence electrons. The molecule has 0 aliphatic heterocycles. The number of aryl methyl sites for hydroxylation is 1. The van der Waals surface area contributed by atoms with Crippen molar-refractivity contribution in [3.63, 3.8) is 0 Å². The molecule has 1 N–H and O–H groups in total. The van der Waals surface area contributed by atoms with Crippen LogP contribution in [0.4, 0.5) is 0 Å². The Morgan fingerprint density at radius 2 is 2.28 bits per heavy atom. The van der Waals surface area contributed by atoms with E-state index >= 15 is 0 Å². The highest BCUT2D eigenvalue weighted by Crippen LogP contribution is 2.42. The van der Waals surface area contributed by atoms with Crippen LogP contribution < -0.4 is 5.32 Å². The third kappa shape index (κ3) is 1.75. The van der Waals surface area contributed by atoms with Crippen molar-refractivity contribution < 1.29 is 0 Å². The minimum Gasteiger partial charge on any atom is -0.337 e. The van der Waals surface area contributed by atoms with Crippen molar-refractivity contribution in [2.75, 3.05) is 6.54 Å². The van der Waals surface area contributed by atoms with Crippen molar-refractivity contribution in [3.8, 4) is 0 Å². The van der Waals surface area contributed by atoms with Crippen LogP contribution in [0.1, 0.15) is 35.8 Å². The molecule has 1 aliphatic rings. The first-order valence-corrected chi connectivity index (χ1v) is 6.59. The maximum atomic E-state index is 4.51. The molecular weight excluding hydrogens is 222 g/mol. The predicted octanol–water partition coefficient (Wildman–Crippen LogP) is 2.41. The van der Waals surface area contributed by atoms with E-state index in [1.165, 1.54) is 11.1 Å². The lowest BCUT2D eigenvalue weighted by atomic mass is 9.73. The zero-order valence-electron chi connectivity index (χ0n) is 10.9. The van der Waals surface area contributed by atoms with E-state index in [2.05, 4.69) is 53.1 Å². The van der Waals surface area contributed by atoms with Gasteiger partial charge in [0, 0.05) is 25.4 Å². The number of hydrogen-bond acceptors (Lipinski definition) is 2. The Kier molecular flexibility index (Phi) is 2.92. The molecule has 2 unspecified atom stereocenters. The molecule has 2 atom stereocenters. The normalized spacial score (nSPS) is 19.1. The number of nitrogens with one attached hydrogen (secondary N) is 1. The van der Waals surface area contributed by atoms with Gasteiger partial charge in [-0.05, 0) is 24.1 Å². The molecule has 3 heteroatoms. The van der Waals surface area contributed by atoms with E-state index in [1.54, 1.807) is 0 Å². The lowest BCUT2D eigenvalue weighted by Crippen LogP contribution is -2.34. The van der Waals surface area contributed by atoms with Crippen molar-refractivity contribution in [2.24, 2.45) is 7.05 Å². The molecule has 0 saturated carbocycles. The van der Waals surface area contributed by atoms with Gasteiger partial charge in [-0.3, -0.25) is 0 Å². The van der Waals surface area contributed by atoms with Gasteiger partial charge in [-0.25, -0.2) is 4.98 Å². The van der Waals surface area contributed by atoms with E-state index in [4.69, 9.17) is 0 Å². The Labute approximate surface area is 108 Å². The van der Waals surface area contributed by atoms with E-state index in [-0.39, 0.29) is 0 Å². The molecule has 3 nitrogen and oxygen atoms in total. The summed E-state index contributed by atoms with van der Waals surface area (Å²) in [7, 11) is 2.07. The van der Waals surface area contributed by atoms with Gasteiger partial charge in [-0.1, -0.05) is 31.2 Å². The Morgan fingerprint density at radius 3 is 2.94 bits per heavy atom. The molecule has 1 heterocycles. The summed E-state index contributed by atoms with van der Waals surface area (Å²) in [6, 6.07) is 9.05. The zero-order valence-corrected chi connectivity index (χ0v) is 10.9. The molecule has 3 rings (SSSR count). The number of rotatable bonds is 4. The number of fused-ring (bicyclic) bond motifs is 1. The SMILES string of the molecule is CCNC(c1nccn1C)C1Cc2ccccc21. The first kappa shape index (κ1) is 11.5. The number of likely N-dealkylation sites (N-methyl/N-ethyl adjacent to an activating group) is 1. The van der Waals surface area contributed by atoms with Gasteiger partial charge in [0.1, 0.15) is 5.82 Å². The third-order valence-corrected chi connectivity index (χ3v) is 3.86. The van der Waals surface area contributed by atoms with Gasteiger partial charge >= 0.3 is 0 Å². The Bertz CT molecular complexity index is 544. The van der Waals surface area contributed by atoms with Gasteiger partial charge in [0.05, 0.1) is 6.04 Å². The minimum absolute atomic E-state index is 0.324. The second-order valence-corrected chi connectivity index (χ2v) is 4.94. The van der Waals surface area contributed by atoms with Crippen LogP contribution in [-0.4, -0.2) is 16.1 Å². The second-order valence-electron chi connectivity index (χ2n) is 4.94. The Hall–Kier alpha value is -1.61. The monoisotopic (exact) mass is 241 g/mol. The molecule has 0 radical (unpaired) electrons. The highest BCUT2D eigenvalue weighted by atomic mass is 15.1. The molecule has 0 fully saturated rings. The lowest BCUT2D eigenvalue weighted by molar-refractivity contribution is 0.395. The van der Waals surface area contributed by atoms with E-state index in [0.717, 1.165) is 18.8 Å². The Morgan fingerprint density at radius 1 is 1.44 bits per heavy atom. The van der Waals surface area contributed by atoms with Crippen LogP contribution in [0.15, 0.2) is 36.7 Å². The molecule has 0 spiro atoms. The lowest BCUT2D eigenvalue weighted by Gasteiger charge is -2.36. The molecule has 1 aliphatic carbocycles. The molecule has 1 aromatic heterocycles. The molecule has 1 aromatic carbocycles. The number of hydrogen-bond donors (Lipinski definition) is 1. The van der Waals surface area contributed by atoms with Crippen LogP contribution in [0.3, 0.4) is 0 Å². The quantitative estimate of drug-likeness (QED) is 0.891. The molecule has 0 bridgehead atoms. The zero-order chi connectivity index (χ0) is 12.5. The van der Waals surface area contributed by atoms with Gasteiger partial charge in [-0.15, -0.1) is 0 Å². The number of aromatic nitrogens is 2. The predicted molar refractivity (Wildman–Crippen MR) is 72.5 cm³/mol. The fourth-order valence-electron chi connectivity index (χ4n) is 2.91. The van der Waals surface area contributed by atoms with Crippen molar-refractivity contribution in [3.05, 3.63) is 53.6 Å². The second kappa shape index (κ2) is 4.58. The van der Waals surface area contributed by atoms with Crippen LogP contribution in [-0.2, 0) is 13.5 Å².